The molecule has 0 aromatic heterocycles. The Morgan fingerprint density at radius 1 is 1.33 bits per heavy atom. The molecule has 1 rings (SSSR count). The minimum atomic E-state index is 0.373. The second kappa shape index (κ2) is 5.72. The average Bonchev–Trinajstić information content (AvgIpc) is 2.26. The number of rotatable bonds is 5. The lowest BCUT2D eigenvalue weighted by Gasteiger charge is -2.26. The first kappa shape index (κ1) is 12.0. The average molecular weight is 203 g/mol. The summed E-state index contributed by atoms with van der Waals surface area (Å²) in [7, 11) is 2.00. The van der Waals surface area contributed by atoms with Crippen LogP contribution in [-0.2, 0) is 0 Å². The fraction of sp³-hybridized carbons (Fsp3) is 0.429. The lowest BCUT2D eigenvalue weighted by atomic mass is 9.86. The third-order valence-electron chi connectivity index (χ3n) is 2.91. The fourth-order valence-corrected chi connectivity index (χ4v) is 2.16. The van der Waals surface area contributed by atoms with Gasteiger partial charge >= 0.3 is 0 Å². The van der Waals surface area contributed by atoms with E-state index in [1.165, 1.54) is 11.1 Å². The van der Waals surface area contributed by atoms with Crippen LogP contribution in [0.3, 0.4) is 0 Å². The summed E-state index contributed by atoms with van der Waals surface area (Å²) in [6.45, 7) is 8.38. The molecular formula is C14H21N. The Kier molecular flexibility index (Phi) is 4.57. The number of benzene rings is 1. The smallest absolute Gasteiger partial charge is 0.0340 e. The lowest BCUT2D eigenvalue weighted by Crippen LogP contribution is -2.32. The van der Waals surface area contributed by atoms with E-state index in [1.54, 1.807) is 0 Å². The van der Waals surface area contributed by atoms with Gasteiger partial charge in [-0.1, -0.05) is 49.4 Å². The normalized spacial score (nSPS) is 14.6. The van der Waals surface area contributed by atoms with Crippen molar-refractivity contribution in [1.82, 2.24) is 5.32 Å². The summed E-state index contributed by atoms with van der Waals surface area (Å²) in [5.41, 5.74) is 2.59. The Balaban J connectivity index is 2.92. The minimum absolute atomic E-state index is 0.373. The maximum absolute atomic E-state index is 4.06. The molecule has 0 fully saturated rings. The predicted octanol–water partition coefficient (Wildman–Crippen LogP) is 3.34. The molecule has 15 heavy (non-hydrogen) atoms. The van der Waals surface area contributed by atoms with Gasteiger partial charge in [0.05, 0.1) is 0 Å². The first-order chi connectivity index (χ1) is 7.20. The van der Waals surface area contributed by atoms with Crippen LogP contribution in [0.4, 0.5) is 0 Å². The SMILES string of the molecule is C=C(C)C(NC)C(CC)c1ccccc1. The van der Waals surface area contributed by atoms with E-state index in [1.807, 2.05) is 7.05 Å². The summed E-state index contributed by atoms with van der Waals surface area (Å²) in [5.74, 6) is 0.522. The molecule has 0 spiro atoms. The third-order valence-corrected chi connectivity index (χ3v) is 2.91. The molecule has 0 amide bonds. The summed E-state index contributed by atoms with van der Waals surface area (Å²) in [6.07, 6.45) is 1.13. The van der Waals surface area contributed by atoms with Crippen molar-refractivity contribution in [3.63, 3.8) is 0 Å². The number of nitrogens with one attached hydrogen (secondary N) is 1. The van der Waals surface area contributed by atoms with Crippen LogP contribution < -0.4 is 5.32 Å². The van der Waals surface area contributed by atoms with Gasteiger partial charge in [-0.05, 0) is 26.0 Å². The van der Waals surface area contributed by atoms with Gasteiger partial charge in [0, 0.05) is 12.0 Å². The second-order valence-electron chi connectivity index (χ2n) is 4.04. The van der Waals surface area contributed by atoms with Gasteiger partial charge in [0.1, 0.15) is 0 Å². The molecule has 1 aromatic carbocycles. The van der Waals surface area contributed by atoms with Crippen molar-refractivity contribution < 1.29 is 0 Å². The molecule has 0 radical (unpaired) electrons. The Bertz CT molecular complexity index is 302. The fourth-order valence-electron chi connectivity index (χ4n) is 2.16. The topological polar surface area (TPSA) is 12.0 Å². The molecule has 0 saturated heterocycles. The molecule has 2 unspecified atom stereocenters. The van der Waals surface area contributed by atoms with Crippen molar-refractivity contribution in [2.45, 2.75) is 32.2 Å². The van der Waals surface area contributed by atoms with E-state index in [9.17, 15) is 0 Å². The first-order valence-electron chi connectivity index (χ1n) is 5.58. The number of hydrogen-bond acceptors (Lipinski definition) is 1. The molecule has 2 atom stereocenters. The maximum Gasteiger partial charge on any atom is 0.0340 e. The van der Waals surface area contributed by atoms with Crippen molar-refractivity contribution in [2.75, 3.05) is 7.05 Å². The van der Waals surface area contributed by atoms with Crippen LogP contribution in [0.1, 0.15) is 31.7 Å². The lowest BCUT2D eigenvalue weighted by molar-refractivity contribution is 0.503. The van der Waals surface area contributed by atoms with Gasteiger partial charge in [-0.15, -0.1) is 0 Å². The Morgan fingerprint density at radius 3 is 2.33 bits per heavy atom. The van der Waals surface area contributed by atoms with Gasteiger partial charge in [-0.3, -0.25) is 0 Å². The molecule has 0 bridgehead atoms. The zero-order valence-electron chi connectivity index (χ0n) is 9.96. The van der Waals surface area contributed by atoms with Crippen molar-refractivity contribution in [1.29, 1.82) is 0 Å². The summed E-state index contributed by atoms with van der Waals surface area (Å²) in [4.78, 5) is 0. The van der Waals surface area contributed by atoms with Gasteiger partial charge in [-0.25, -0.2) is 0 Å². The van der Waals surface area contributed by atoms with Crippen LogP contribution in [0, 0.1) is 0 Å². The molecular weight excluding hydrogens is 182 g/mol. The Labute approximate surface area is 93.2 Å². The van der Waals surface area contributed by atoms with E-state index in [0.29, 0.717) is 12.0 Å². The van der Waals surface area contributed by atoms with Gasteiger partial charge in [-0.2, -0.15) is 0 Å². The molecule has 1 heteroatoms. The van der Waals surface area contributed by atoms with Gasteiger partial charge in [0.15, 0.2) is 0 Å². The van der Waals surface area contributed by atoms with Gasteiger partial charge in [0.25, 0.3) is 0 Å². The quantitative estimate of drug-likeness (QED) is 0.724. The van der Waals surface area contributed by atoms with E-state index in [4.69, 9.17) is 0 Å². The van der Waals surface area contributed by atoms with Crippen LogP contribution in [0.25, 0.3) is 0 Å². The Hall–Kier alpha value is -1.08. The predicted molar refractivity (Wildman–Crippen MR) is 67.1 cm³/mol. The van der Waals surface area contributed by atoms with Gasteiger partial charge < -0.3 is 5.32 Å². The number of hydrogen-bond donors (Lipinski definition) is 1. The molecule has 82 valence electrons. The summed E-state index contributed by atoms with van der Waals surface area (Å²) in [5, 5.41) is 3.35. The maximum atomic E-state index is 4.06. The van der Waals surface area contributed by atoms with Crippen LogP contribution in [0.5, 0.6) is 0 Å². The highest BCUT2D eigenvalue weighted by Crippen LogP contribution is 2.26. The zero-order valence-corrected chi connectivity index (χ0v) is 9.96. The zero-order chi connectivity index (χ0) is 11.3. The van der Waals surface area contributed by atoms with Crippen LogP contribution >= 0.6 is 0 Å². The highest BCUT2D eigenvalue weighted by molar-refractivity contribution is 5.24. The highest BCUT2D eigenvalue weighted by atomic mass is 14.9. The molecule has 0 heterocycles. The van der Waals surface area contributed by atoms with E-state index < -0.39 is 0 Å². The number of likely N-dealkylation sites (N-methyl/N-ethyl adjacent to an activating group) is 1. The highest BCUT2D eigenvalue weighted by Gasteiger charge is 2.20. The molecule has 1 aromatic rings. The van der Waals surface area contributed by atoms with Crippen molar-refractivity contribution in [3.05, 3.63) is 48.0 Å². The molecule has 0 aliphatic heterocycles. The second-order valence-corrected chi connectivity index (χ2v) is 4.04. The van der Waals surface area contributed by atoms with E-state index in [-0.39, 0.29) is 0 Å². The summed E-state index contributed by atoms with van der Waals surface area (Å²) in [6, 6.07) is 11.0. The minimum Gasteiger partial charge on any atom is -0.313 e. The van der Waals surface area contributed by atoms with Crippen molar-refractivity contribution in [2.24, 2.45) is 0 Å². The Morgan fingerprint density at radius 2 is 1.93 bits per heavy atom. The summed E-state index contributed by atoms with van der Waals surface area (Å²) >= 11 is 0. The van der Waals surface area contributed by atoms with Crippen LogP contribution in [-0.4, -0.2) is 13.1 Å². The monoisotopic (exact) mass is 203 g/mol. The first-order valence-corrected chi connectivity index (χ1v) is 5.58. The van der Waals surface area contributed by atoms with Crippen molar-refractivity contribution in [3.8, 4) is 0 Å². The van der Waals surface area contributed by atoms with E-state index in [2.05, 4.69) is 56.1 Å². The van der Waals surface area contributed by atoms with Crippen LogP contribution in [0.15, 0.2) is 42.5 Å². The molecule has 0 aliphatic carbocycles. The standard InChI is InChI=1S/C14H21N/c1-5-13(14(15-4)11(2)3)12-9-7-6-8-10-12/h6-10,13-15H,2,5H2,1,3-4H3. The third kappa shape index (κ3) is 2.93. The molecule has 1 nitrogen and oxygen atoms in total. The van der Waals surface area contributed by atoms with E-state index >= 15 is 0 Å². The summed E-state index contributed by atoms with van der Waals surface area (Å²) < 4.78 is 0. The van der Waals surface area contributed by atoms with Crippen LogP contribution in [0.2, 0.25) is 0 Å². The van der Waals surface area contributed by atoms with E-state index in [0.717, 1.165) is 6.42 Å². The van der Waals surface area contributed by atoms with Gasteiger partial charge in [0.2, 0.25) is 0 Å². The molecule has 0 saturated carbocycles. The largest absolute Gasteiger partial charge is 0.313 e. The molecule has 0 aliphatic rings. The van der Waals surface area contributed by atoms with Crippen molar-refractivity contribution >= 4 is 0 Å². The molecule has 1 N–H and O–H groups in total.